The van der Waals surface area contributed by atoms with Gasteiger partial charge in [-0.15, -0.1) is 0 Å². The van der Waals surface area contributed by atoms with E-state index in [1.165, 1.54) is 11.8 Å². The molecule has 2 heterocycles. The Hall–Kier alpha value is -2.15. The third-order valence-corrected chi connectivity index (χ3v) is 4.50. The van der Waals surface area contributed by atoms with Crippen molar-refractivity contribution >= 4 is 40.1 Å². The average Bonchev–Trinajstić information content (AvgIpc) is 2.58. The third-order valence-electron chi connectivity index (χ3n) is 3.96. The largest absolute Gasteiger partial charge is 0.369 e. The lowest BCUT2D eigenvalue weighted by atomic mass is 9.93. The summed E-state index contributed by atoms with van der Waals surface area (Å²) in [4.78, 5) is 20.6. The van der Waals surface area contributed by atoms with Gasteiger partial charge in [0.25, 0.3) is 0 Å². The number of benzene rings is 1. The molecule has 0 radical (unpaired) electrons. The number of nitrogens with zero attached hydrogens (tertiary/aromatic N) is 3. The van der Waals surface area contributed by atoms with E-state index >= 15 is 0 Å². The molecule has 0 fully saturated rings. The molecular formula is C17H21N5OS. The molecule has 0 spiro atoms. The molecule has 0 aliphatic carbocycles. The van der Waals surface area contributed by atoms with Crippen LogP contribution in [-0.2, 0) is 4.79 Å². The molecule has 2 N–H and O–H groups in total. The molecule has 1 aliphatic rings. The van der Waals surface area contributed by atoms with Gasteiger partial charge >= 0.3 is 0 Å². The van der Waals surface area contributed by atoms with Gasteiger partial charge in [0.1, 0.15) is 5.82 Å². The topological polar surface area (TPSA) is 79.3 Å². The van der Waals surface area contributed by atoms with E-state index in [0.29, 0.717) is 6.42 Å². The van der Waals surface area contributed by atoms with E-state index in [0.717, 1.165) is 46.1 Å². The van der Waals surface area contributed by atoms with Crippen molar-refractivity contribution in [3.63, 3.8) is 0 Å². The maximum atomic E-state index is 11.4. The van der Waals surface area contributed by atoms with Gasteiger partial charge in [0, 0.05) is 29.8 Å². The number of anilines is 1. The van der Waals surface area contributed by atoms with Crippen LogP contribution < -0.4 is 10.7 Å². The van der Waals surface area contributed by atoms with Crippen LogP contribution in [0.2, 0.25) is 0 Å². The summed E-state index contributed by atoms with van der Waals surface area (Å²) in [7, 11) is 0. The lowest BCUT2D eigenvalue weighted by Gasteiger charge is -2.19. The van der Waals surface area contributed by atoms with E-state index in [9.17, 15) is 4.79 Å². The summed E-state index contributed by atoms with van der Waals surface area (Å²) < 4.78 is 0. The standard InChI is InChI=1S/C17H21N5OS/c1-4-7-18-16-12-6-5-11(9-13(12)19-17(20-16)24-3)15-10(2)8-14(23)21-22-15/h5-6,9-10H,4,7-8H2,1-3H3,(H,21,23)(H,18,19,20). The number of aromatic nitrogens is 2. The van der Waals surface area contributed by atoms with Gasteiger partial charge in [-0.25, -0.2) is 15.4 Å². The summed E-state index contributed by atoms with van der Waals surface area (Å²) >= 11 is 1.52. The first-order valence-corrected chi connectivity index (χ1v) is 9.31. The first-order chi connectivity index (χ1) is 11.6. The maximum Gasteiger partial charge on any atom is 0.240 e. The summed E-state index contributed by atoms with van der Waals surface area (Å²) in [6, 6.07) is 6.08. The summed E-state index contributed by atoms with van der Waals surface area (Å²) in [5.74, 6) is 0.922. The predicted molar refractivity (Wildman–Crippen MR) is 98.6 cm³/mol. The first-order valence-electron chi connectivity index (χ1n) is 8.08. The van der Waals surface area contributed by atoms with Gasteiger partial charge in [-0.05, 0) is 24.8 Å². The van der Waals surface area contributed by atoms with Gasteiger partial charge in [-0.3, -0.25) is 4.79 Å². The minimum absolute atomic E-state index is 0.0370. The highest BCUT2D eigenvalue weighted by molar-refractivity contribution is 7.98. The fourth-order valence-corrected chi connectivity index (χ4v) is 3.11. The van der Waals surface area contributed by atoms with Crippen LogP contribution in [0.15, 0.2) is 28.5 Å². The van der Waals surface area contributed by atoms with Gasteiger partial charge in [0.15, 0.2) is 5.16 Å². The lowest BCUT2D eigenvalue weighted by Crippen LogP contribution is -2.31. The van der Waals surface area contributed by atoms with Gasteiger partial charge < -0.3 is 5.32 Å². The minimum atomic E-state index is -0.0370. The van der Waals surface area contributed by atoms with Crippen LogP contribution in [0.4, 0.5) is 5.82 Å². The van der Waals surface area contributed by atoms with Gasteiger partial charge in [-0.1, -0.05) is 31.7 Å². The Kier molecular flexibility index (Phi) is 4.99. The molecule has 0 bridgehead atoms. The molecule has 0 saturated carbocycles. The molecule has 7 heteroatoms. The quantitative estimate of drug-likeness (QED) is 0.644. The number of nitrogens with one attached hydrogen (secondary N) is 2. The molecule has 2 aromatic rings. The highest BCUT2D eigenvalue weighted by atomic mass is 32.2. The molecule has 24 heavy (non-hydrogen) atoms. The van der Waals surface area contributed by atoms with Crippen molar-refractivity contribution in [1.82, 2.24) is 15.4 Å². The summed E-state index contributed by atoms with van der Waals surface area (Å²) in [5.41, 5.74) is 5.34. The van der Waals surface area contributed by atoms with Crippen molar-refractivity contribution in [1.29, 1.82) is 0 Å². The molecule has 1 aromatic carbocycles. The van der Waals surface area contributed by atoms with Crippen molar-refractivity contribution in [3.05, 3.63) is 23.8 Å². The molecule has 126 valence electrons. The molecule has 1 amide bonds. The number of hydrogen-bond donors (Lipinski definition) is 2. The van der Waals surface area contributed by atoms with Crippen LogP contribution in [0, 0.1) is 5.92 Å². The molecule has 0 saturated heterocycles. The molecular weight excluding hydrogens is 322 g/mol. The Morgan fingerprint density at radius 1 is 1.38 bits per heavy atom. The van der Waals surface area contributed by atoms with Crippen molar-refractivity contribution in [3.8, 4) is 0 Å². The number of carbonyl (C=O) groups excluding carboxylic acids is 1. The Labute approximate surface area is 145 Å². The van der Waals surface area contributed by atoms with E-state index < -0.39 is 0 Å². The van der Waals surface area contributed by atoms with Gasteiger partial charge in [-0.2, -0.15) is 5.10 Å². The molecule has 1 atom stereocenters. The Bertz CT molecular complexity index is 805. The molecule has 1 unspecified atom stereocenters. The van der Waals surface area contributed by atoms with Crippen molar-refractivity contribution in [2.45, 2.75) is 31.8 Å². The van der Waals surface area contributed by atoms with Crippen molar-refractivity contribution in [2.75, 3.05) is 18.1 Å². The zero-order valence-electron chi connectivity index (χ0n) is 14.1. The first kappa shape index (κ1) is 16.7. The third kappa shape index (κ3) is 3.36. The Morgan fingerprint density at radius 2 is 2.21 bits per heavy atom. The van der Waals surface area contributed by atoms with Crippen LogP contribution >= 0.6 is 11.8 Å². The number of hydrazone groups is 1. The van der Waals surface area contributed by atoms with E-state index in [2.05, 4.69) is 32.7 Å². The van der Waals surface area contributed by atoms with Crippen LogP contribution in [0.3, 0.4) is 0 Å². The summed E-state index contributed by atoms with van der Waals surface area (Å²) in [6.45, 7) is 5.02. The monoisotopic (exact) mass is 343 g/mol. The van der Waals surface area contributed by atoms with Crippen molar-refractivity contribution in [2.24, 2.45) is 11.0 Å². The Morgan fingerprint density at radius 3 is 2.92 bits per heavy atom. The van der Waals surface area contributed by atoms with Gasteiger partial charge in [0.2, 0.25) is 5.91 Å². The zero-order chi connectivity index (χ0) is 17.1. The second-order valence-electron chi connectivity index (χ2n) is 5.85. The van der Waals surface area contributed by atoms with Crippen LogP contribution in [0.1, 0.15) is 32.3 Å². The number of amides is 1. The number of thioether (sulfide) groups is 1. The predicted octanol–water partition coefficient (Wildman–Crippen LogP) is 3.03. The lowest BCUT2D eigenvalue weighted by molar-refractivity contribution is -0.121. The second-order valence-corrected chi connectivity index (χ2v) is 6.63. The van der Waals surface area contributed by atoms with E-state index in [4.69, 9.17) is 0 Å². The van der Waals surface area contributed by atoms with Crippen LogP contribution in [0.25, 0.3) is 10.9 Å². The fourth-order valence-electron chi connectivity index (χ4n) is 2.74. The van der Waals surface area contributed by atoms with Crippen molar-refractivity contribution < 1.29 is 4.79 Å². The van der Waals surface area contributed by atoms with Crippen LogP contribution in [-0.4, -0.2) is 34.4 Å². The average molecular weight is 343 g/mol. The number of rotatable bonds is 5. The van der Waals surface area contributed by atoms with E-state index in [1.807, 2.05) is 31.4 Å². The highest BCUT2D eigenvalue weighted by Crippen LogP contribution is 2.26. The maximum absolute atomic E-state index is 11.4. The van der Waals surface area contributed by atoms with Crippen LogP contribution in [0.5, 0.6) is 0 Å². The molecule has 1 aliphatic heterocycles. The zero-order valence-corrected chi connectivity index (χ0v) is 14.9. The molecule has 6 nitrogen and oxygen atoms in total. The number of hydrogen-bond acceptors (Lipinski definition) is 6. The molecule has 1 aromatic heterocycles. The smallest absolute Gasteiger partial charge is 0.240 e. The normalized spacial score (nSPS) is 17.5. The second kappa shape index (κ2) is 7.17. The van der Waals surface area contributed by atoms with E-state index in [-0.39, 0.29) is 11.8 Å². The Balaban J connectivity index is 2.05. The number of fused-ring (bicyclic) bond motifs is 1. The summed E-state index contributed by atoms with van der Waals surface area (Å²) in [5, 5.41) is 9.35. The van der Waals surface area contributed by atoms with Gasteiger partial charge in [0.05, 0.1) is 11.2 Å². The number of carbonyl (C=O) groups is 1. The minimum Gasteiger partial charge on any atom is -0.369 e. The fraction of sp³-hybridized carbons (Fsp3) is 0.412. The SMILES string of the molecule is CCCNc1nc(SC)nc2cc(C3=NNC(=O)CC3C)ccc12. The summed E-state index contributed by atoms with van der Waals surface area (Å²) in [6.07, 6.45) is 3.46. The van der Waals surface area contributed by atoms with E-state index in [1.54, 1.807) is 0 Å². The molecule has 3 rings (SSSR count). The highest BCUT2D eigenvalue weighted by Gasteiger charge is 2.22.